The Balaban J connectivity index is 2.07. The molecule has 7 heteroatoms. The summed E-state index contributed by atoms with van der Waals surface area (Å²) in [5.74, 6) is 0.0161. The van der Waals surface area contributed by atoms with E-state index < -0.39 is 5.97 Å². The quantitative estimate of drug-likeness (QED) is 0.785. The van der Waals surface area contributed by atoms with Gasteiger partial charge in [0.1, 0.15) is 5.82 Å². The number of carboxylic acid groups (broad SMARTS) is 1. The number of carbonyl (C=O) groups is 1. The van der Waals surface area contributed by atoms with E-state index >= 15 is 0 Å². The standard InChI is InChI=1S/C14H11N5O2/c1-9-16-12(10-2-5-15-6-3-10)8-13(17-9)19-7-4-11(18-19)14(20)21/h2-8H,1H3,(H,20,21). The van der Waals surface area contributed by atoms with E-state index in [0.29, 0.717) is 11.6 Å². The van der Waals surface area contributed by atoms with Crippen molar-refractivity contribution >= 4 is 5.97 Å². The topological polar surface area (TPSA) is 93.8 Å². The highest BCUT2D eigenvalue weighted by molar-refractivity contribution is 5.85. The average Bonchev–Trinajstić information content (AvgIpc) is 2.98. The van der Waals surface area contributed by atoms with Crippen LogP contribution in [0.15, 0.2) is 42.9 Å². The van der Waals surface area contributed by atoms with E-state index in [1.807, 2.05) is 12.1 Å². The maximum atomic E-state index is 10.9. The molecule has 3 aromatic rings. The third-order valence-corrected chi connectivity index (χ3v) is 2.84. The van der Waals surface area contributed by atoms with Crippen LogP contribution < -0.4 is 0 Å². The Morgan fingerprint density at radius 3 is 2.62 bits per heavy atom. The lowest BCUT2D eigenvalue weighted by molar-refractivity contribution is 0.0690. The van der Waals surface area contributed by atoms with Crippen molar-refractivity contribution in [1.29, 1.82) is 0 Å². The van der Waals surface area contributed by atoms with Gasteiger partial charge in [-0.2, -0.15) is 5.10 Å². The molecule has 0 aliphatic heterocycles. The molecule has 3 aromatic heterocycles. The zero-order chi connectivity index (χ0) is 14.8. The van der Waals surface area contributed by atoms with Crippen LogP contribution in [0.3, 0.4) is 0 Å². The number of aromatic carboxylic acids is 1. The van der Waals surface area contributed by atoms with Crippen LogP contribution in [0.4, 0.5) is 0 Å². The second-order valence-corrected chi connectivity index (χ2v) is 4.35. The van der Waals surface area contributed by atoms with Crippen molar-refractivity contribution in [3.8, 4) is 17.1 Å². The summed E-state index contributed by atoms with van der Waals surface area (Å²) in [6, 6.07) is 6.86. The highest BCUT2D eigenvalue weighted by Crippen LogP contribution is 2.18. The maximum Gasteiger partial charge on any atom is 0.356 e. The number of nitrogens with zero attached hydrogens (tertiary/aromatic N) is 5. The summed E-state index contributed by atoms with van der Waals surface area (Å²) >= 11 is 0. The molecule has 0 aliphatic rings. The molecule has 0 bridgehead atoms. The van der Waals surface area contributed by atoms with Crippen molar-refractivity contribution in [3.05, 3.63) is 54.4 Å². The third kappa shape index (κ3) is 2.62. The van der Waals surface area contributed by atoms with Crippen molar-refractivity contribution < 1.29 is 9.90 Å². The van der Waals surface area contributed by atoms with Gasteiger partial charge in [0.05, 0.1) is 5.69 Å². The minimum atomic E-state index is -1.08. The first-order valence-corrected chi connectivity index (χ1v) is 6.19. The van der Waals surface area contributed by atoms with Crippen LogP contribution in [0, 0.1) is 6.92 Å². The zero-order valence-corrected chi connectivity index (χ0v) is 11.1. The Hall–Kier alpha value is -3.09. The molecule has 0 unspecified atom stereocenters. The van der Waals surface area contributed by atoms with Crippen LogP contribution >= 0.6 is 0 Å². The van der Waals surface area contributed by atoms with Gasteiger partial charge in [-0.25, -0.2) is 19.4 Å². The van der Waals surface area contributed by atoms with Gasteiger partial charge in [0.15, 0.2) is 11.5 Å². The smallest absolute Gasteiger partial charge is 0.356 e. The van der Waals surface area contributed by atoms with Gasteiger partial charge in [-0.3, -0.25) is 4.98 Å². The molecule has 0 atom stereocenters. The second kappa shape index (κ2) is 5.12. The molecule has 0 aliphatic carbocycles. The summed E-state index contributed by atoms with van der Waals surface area (Å²) in [4.78, 5) is 23.5. The Morgan fingerprint density at radius 2 is 1.95 bits per heavy atom. The first-order valence-electron chi connectivity index (χ1n) is 6.19. The number of rotatable bonds is 3. The van der Waals surface area contributed by atoms with Crippen LogP contribution in [-0.2, 0) is 0 Å². The summed E-state index contributed by atoms with van der Waals surface area (Å²) in [5, 5.41) is 12.9. The fourth-order valence-corrected chi connectivity index (χ4v) is 1.91. The molecular weight excluding hydrogens is 270 g/mol. The Morgan fingerprint density at radius 1 is 1.19 bits per heavy atom. The molecule has 0 radical (unpaired) electrons. The monoisotopic (exact) mass is 281 g/mol. The minimum Gasteiger partial charge on any atom is -0.476 e. The number of hydrogen-bond acceptors (Lipinski definition) is 5. The predicted molar refractivity (Wildman–Crippen MR) is 74.1 cm³/mol. The molecule has 1 N–H and O–H groups in total. The van der Waals surface area contributed by atoms with Crippen molar-refractivity contribution in [2.75, 3.05) is 0 Å². The normalized spacial score (nSPS) is 10.5. The molecule has 21 heavy (non-hydrogen) atoms. The summed E-state index contributed by atoms with van der Waals surface area (Å²) < 4.78 is 1.42. The van der Waals surface area contributed by atoms with Gasteiger partial charge in [0.2, 0.25) is 0 Å². The number of hydrogen-bond donors (Lipinski definition) is 1. The van der Waals surface area contributed by atoms with Gasteiger partial charge < -0.3 is 5.11 Å². The molecule has 104 valence electrons. The van der Waals surface area contributed by atoms with Gasteiger partial charge in [-0.05, 0) is 25.1 Å². The van der Waals surface area contributed by atoms with Crippen LogP contribution in [0.2, 0.25) is 0 Å². The van der Waals surface area contributed by atoms with Crippen LogP contribution in [-0.4, -0.2) is 35.8 Å². The highest BCUT2D eigenvalue weighted by Gasteiger charge is 2.10. The predicted octanol–water partition coefficient (Wildman–Crippen LogP) is 1.73. The van der Waals surface area contributed by atoms with Gasteiger partial charge in [-0.1, -0.05) is 0 Å². The van der Waals surface area contributed by atoms with Crippen molar-refractivity contribution in [2.45, 2.75) is 6.92 Å². The maximum absolute atomic E-state index is 10.9. The largest absolute Gasteiger partial charge is 0.476 e. The summed E-state index contributed by atoms with van der Waals surface area (Å²) in [6.07, 6.45) is 4.92. The molecule has 3 rings (SSSR count). The number of carboxylic acids is 1. The number of aromatic nitrogens is 5. The molecule has 0 saturated heterocycles. The number of aryl methyl sites for hydroxylation is 1. The third-order valence-electron chi connectivity index (χ3n) is 2.84. The van der Waals surface area contributed by atoms with Crippen molar-refractivity contribution in [1.82, 2.24) is 24.7 Å². The average molecular weight is 281 g/mol. The molecule has 3 heterocycles. The second-order valence-electron chi connectivity index (χ2n) is 4.35. The summed E-state index contributed by atoms with van der Waals surface area (Å²) in [5.41, 5.74) is 1.60. The molecule has 0 fully saturated rings. The highest BCUT2D eigenvalue weighted by atomic mass is 16.4. The van der Waals surface area contributed by atoms with Crippen LogP contribution in [0.25, 0.3) is 17.1 Å². The molecule has 0 spiro atoms. The fourth-order valence-electron chi connectivity index (χ4n) is 1.91. The van der Waals surface area contributed by atoms with E-state index in [0.717, 1.165) is 11.3 Å². The van der Waals surface area contributed by atoms with E-state index in [9.17, 15) is 4.79 Å². The van der Waals surface area contributed by atoms with Gasteiger partial charge in [0, 0.05) is 30.2 Å². The number of pyridine rings is 1. The lowest BCUT2D eigenvalue weighted by Gasteiger charge is -2.06. The fraction of sp³-hybridized carbons (Fsp3) is 0.0714. The molecular formula is C14H11N5O2. The lowest BCUT2D eigenvalue weighted by atomic mass is 10.2. The van der Waals surface area contributed by atoms with Crippen LogP contribution in [0.1, 0.15) is 16.3 Å². The Bertz CT molecular complexity index is 798. The van der Waals surface area contributed by atoms with Gasteiger partial charge in [-0.15, -0.1) is 0 Å². The SMILES string of the molecule is Cc1nc(-c2ccncc2)cc(-n2ccc(C(=O)O)n2)n1. The van der Waals surface area contributed by atoms with E-state index in [1.54, 1.807) is 31.6 Å². The van der Waals surface area contributed by atoms with E-state index in [-0.39, 0.29) is 5.69 Å². The van der Waals surface area contributed by atoms with Crippen molar-refractivity contribution in [2.24, 2.45) is 0 Å². The first kappa shape index (κ1) is 12.9. The van der Waals surface area contributed by atoms with Gasteiger partial charge in [0.25, 0.3) is 0 Å². The van der Waals surface area contributed by atoms with Gasteiger partial charge >= 0.3 is 5.97 Å². The Kier molecular flexibility index (Phi) is 3.15. The summed E-state index contributed by atoms with van der Waals surface area (Å²) in [6.45, 7) is 1.77. The Labute approximate surface area is 119 Å². The van der Waals surface area contributed by atoms with E-state index in [2.05, 4.69) is 20.1 Å². The van der Waals surface area contributed by atoms with Crippen LogP contribution in [0.5, 0.6) is 0 Å². The molecule has 0 amide bonds. The van der Waals surface area contributed by atoms with E-state index in [4.69, 9.17) is 5.11 Å². The van der Waals surface area contributed by atoms with Crippen molar-refractivity contribution in [3.63, 3.8) is 0 Å². The molecule has 0 aromatic carbocycles. The lowest BCUT2D eigenvalue weighted by Crippen LogP contribution is -2.05. The zero-order valence-electron chi connectivity index (χ0n) is 11.1. The minimum absolute atomic E-state index is 0.0308. The molecule has 7 nitrogen and oxygen atoms in total. The van der Waals surface area contributed by atoms with E-state index in [1.165, 1.54) is 10.7 Å². The molecule has 0 saturated carbocycles. The first-order chi connectivity index (χ1) is 10.1. The summed E-state index contributed by atoms with van der Waals surface area (Å²) in [7, 11) is 0.